The van der Waals surface area contributed by atoms with Crippen LogP contribution in [-0.4, -0.2) is 35.8 Å². The number of esters is 1. The van der Waals surface area contributed by atoms with E-state index in [-0.39, 0.29) is 25.0 Å². The molecule has 0 fully saturated rings. The van der Waals surface area contributed by atoms with Gasteiger partial charge in [-0.3, -0.25) is 14.5 Å². The van der Waals surface area contributed by atoms with E-state index in [9.17, 15) is 14.4 Å². The number of aryl methyl sites for hydroxylation is 2. The molecule has 3 rings (SSSR count). The molecule has 0 saturated carbocycles. The first-order chi connectivity index (χ1) is 11.5. The Labute approximate surface area is 139 Å². The molecule has 5 nitrogen and oxygen atoms in total. The minimum absolute atomic E-state index is 0.0305. The summed E-state index contributed by atoms with van der Waals surface area (Å²) in [4.78, 5) is 37.6. The van der Waals surface area contributed by atoms with Crippen LogP contribution in [0.25, 0.3) is 0 Å². The van der Waals surface area contributed by atoms with Gasteiger partial charge in [0.2, 0.25) is 0 Å². The van der Waals surface area contributed by atoms with Gasteiger partial charge in [0.05, 0.1) is 23.2 Å². The third kappa shape index (κ3) is 2.80. The fourth-order valence-corrected chi connectivity index (χ4v) is 2.62. The number of rotatable bonds is 4. The number of carbonyl (C=O) groups is 3. The van der Waals surface area contributed by atoms with Crippen LogP contribution in [0.4, 0.5) is 0 Å². The van der Waals surface area contributed by atoms with Crippen molar-refractivity contribution in [3.05, 3.63) is 70.3 Å². The Kier molecular flexibility index (Phi) is 4.16. The van der Waals surface area contributed by atoms with E-state index in [4.69, 9.17) is 4.74 Å². The van der Waals surface area contributed by atoms with E-state index in [1.54, 1.807) is 36.4 Å². The fraction of sp³-hybridized carbons (Fsp3) is 0.211. The zero-order valence-electron chi connectivity index (χ0n) is 13.5. The van der Waals surface area contributed by atoms with Crippen LogP contribution in [-0.2, 0) is 4.74 Å². The number of hydrogen-bond acceptors (Lipinski definition) is 4. The maximum atomic E-state index is 12.2. The Hall–Kier alpha value is -2.95. The summed E-state index contributed by atoms with van der Waals surface area (Å²) in [5.41, 5.74) is 3.34. The molecular weight excluding hydrogens is 306 g/mol. The van der Waals surface area contributed by atoms with Gasteiger partial charge in [0.25, 0.3) is 11.8 Å². The van der Waals surface area contributed by atoms with Crippen molar-refractivity contribution < 1.29 is 19.1 Å². The van der Waals surface area contributed by atoms with E-state index < -0.39 is 5.97 Å². The van der Waals surface area contributed by atoms with Gasteiger partial charge >= 0.3 is 5.97 Å². The van der Waals surface area contributed by atoms with Gasteiger partial charge in [0.1, 0.15) is 6.61 Å². The zero-order chi connectivity index (χ0) is 17.3. The summed E-state index contributed by atoms with van der Waals surface area (Å²) in [6, 6.07) is 12.0. The van der Waals surface area contributed by atoms with Crippen LogP contribution in [0.3, 0.4) is 0 Å². The van der Waals surface area contributed by atoms with Crippen molar-refractivity contribution in [2.75, 3.05) is 13.2 Å². The normalized spacial score (nSPS) is 13.2. The Bertz CT molecular complexity index is 806. The van der Waals surface area contributed by atoms with Crippen LogP contribution in [0.1, 0.15) is 42.2 Å². The van der Waals surface area contributed by atoms with Crippen LogP contribution < -0.4 is 0 Å². The predicted octanol–water partition coefficient (Wildman–Crippen LogP) is 2.76. The summed E-state index contributed by atoms with van der Waals surface area (Å²) < 4.78 is 5.20. The van der Waals surface area contributed by atoms with Gasteiger partial charge in [0.15, 0.2) is 0 Å². The lowest BCUT2D eigenvalue weighted by atomic mass is 10.1. The van der Waals surface area contributed by atoms with Crippen LogP contribution in [0.5, 0.6) is 0 Å². The van der Waals surface area contributed by atoms with Gasteiger partial charge in [-0.05, 0) is 49.2 Å². The number of nitrogens with zero attached hydrogens (tertiary/aromatic N) is 1. The van der Waals surface area contributed by atoms with Crippen LogP contribution in [0.2, 0.25) is 0 Å². The minimum atomic E-state index is -0.463. The predicted molar refractivity (Wildman–Crippen MR) is 88.0 cm³/mol. The fourth-order valence-electron chi connectivity index (χ4n) is 2.62. The first-order valence-corrected chi connectivity index (χ1v) is 7.68. The van der Waals surface area contributed by atoms with Gasteiger partial charge in [-0.15, -0.1) is 0 Å². The first-order valence-electron chi connectivity index (χ1n) is 7.68. The molecule has 0 atom stereocenters. The molecule has 24 heavy (non-hydrogen) atoms. The second-order valence-corrected chi connectivity index (χ2v) is 5.74. The quantitative estimate of drug-likeness (QED) is 0.641. The van der Waals surface area contributed by atoms with Crippen molar-refractivity contribution in [1.29, 1.82) is 0 Å². The molecule has 0 aromatic heterocycles. The van der Waals surface area contributed by atoms with Crippen molar-refractivity contribution >= 4 is 17.8 Å². The molecule has 2 aromatic carbocycles. The molecule has 5 heteroatoms. The molecule has 0 radical (unpaired) electrons. The molecule has 2 amide bonds. The summed E-state index contributed by atoms with van der Waals surface area (Å²) in [6.07, 6.45) is 0. The van der Waals surface area contributed by atoms with Gasteiger partial charge in [-0.1, -0.05) is 18.2 Å². The number of hydrogen-bond donors (Lipinski definition) is 0. The van der Waals surface area contributed by atoms with E-state index in [0.717, 1.165) is 16.0 Å². The van der Waals surface area contributed by atoms with Crippen molar-refractivity contribution in [3.63, 3.8) is 0 Å². The molecule has 1 heterocycles. The molecule has 2 aromatic rings. The number of amides is 2. The molecule has 122 valence electrons. The smallest absolute Gasteiger partial charge is 0.338 e. The van der Waals surface area contributed by atoms with Gasteiger partial charge in [-0.2, -0.15) is 0 Å². The zero-order valence-corrected chi connectivity index (χ0v) is 13.5. The number of fused-ring (bicyclic) bond motifs is 1. The maximum absolute atomic E-state index is 12.2. The van der Waals surface area contributed by atoms with E-state index in [1.165, 1.54) is 0 Å². The molecule has 0 spiro atoms. The van der Waals surface area contributed by atoms with E-state index in [0.29, 0.717) is 16.7 Å². The Morgan fingerprint density at radius 2 is 1.58 bits per heavy atom. The first kappa shape index (κ1) is 15.9. The topological polar surface area (TPSA) is 63.7 Å². The molecule has 0 bridgehead atoms. The van der Waals surface area contributed by atoms with Crippen molar-refractivity contribution in [1.82, 2.24) is 4.90 Å². The van der Waals surface area contributed by atoms with Crippen molar-refractivity contribution in [2.45, 2.75) is 13.8 Å². The van der Waals surface area contributed by atoms with Gasteiger partial charge in [0, 0.05) is 0 Å². The van der Waals surface area contributed by atoms with Crippen LogP contribution in [0.15, 0.2) is 42.5 Å². The SMILES string of the molecule is Cc1ccc(C(=O)OCCN2C(=O)c3ccccc3C2=O)cc1C. The molecule has 0 unspecified atom stereocenters. The highest BCUT2D eigenvalue weighted by atomic mass is 16.5. The molecule has 0 N–H and O–H groups in total. The monoisotopic (exact) mass is 323 g/mol. The molecule has 1 aliphatic rings. The highest BCUT2D eigenvalue weighted by Crippen LogP contribution is 2.22. The largest absolute Gasteiger partial charge is 0.460 e. The van der Waals surface area contributed by atoms with E-state index in [2.05, 4.69) is 0 Å². The molecule has 1 aliphatic heterocycles. The summed E-state index contributed by atoms with van der Waals surface area (Å²) in [5, 5.41) is 0. The Morgan fingerprint density at radius 1 is 0.958 bits per heavy atom. The Balaban J connectivity index is 1.61. The molecule has 0 aliphatic carbocycles. The van der Waals surface area contributed by atoms with Gasteiger partial charge in [-0.25, -0.2) is 4.79 Å². The summed E-state index contributed by atoms with van der Waals surface area (Å²) in [6.45, 7) is 3.90. The molecule has 0 saturated heterocycles. The number of ether oxygens (including phenoxy) is 1. The lowest BCUT2D eigenvalue weighted by Gasteiger charge is -2.14. The average Bonchev–Trinajstić information content (AvgIpc) is 2.82. The average molecular weight is 323 g/mol. The minimum Gasteiger partial charge on any atom is -0.460 e. The summed E-state index contributed by atoms with van der Waals surface area (Å²) >= 11 is 0. The van der Waals surface area contributed by atoms with Crippen molar-refractivity contribution in [2.24, 2.45) is 0 Å². The number of imide groups is 1. The van der Waals surface area contributed by atoms with Gasteiger partial charge < -0.3 is 4.74 Å². The lowest BCUT2D eigenvalue weighted by molar-refractivity contribution is 0.0420. The van der Waals surface area contributed by atoms with Crippen molar-refractivity contribution in [3.8, 4) is 0 Å². The number of carbonyl (C=O) groups excluding carboxylic acids is 3. The third-order valence-corrected chi connectivity index (χ3v) is 4.17. The van der Waals surface area contributed by atoms with Crippen LogP contribution >= 0.6 is 0 Å². The second-order valence-electron chi connectivity index (χ2n) is 5.74. The van der Waals surface area contributed by atoms with E-state index in [1.807, 2.05) is 19.9 Å². The lowest BCUT2D eigenvalue weighted by Crippen LogP contribution is -2.33. The standard InChI is InChI=1S/C19H17NO4/c1-12-7-8-14(11-13(12)2)19(23)24-10-9-20-17(21)15-5-3-4-6-16(15)18(20)22/h3-8,11H,9-10H2,1-2H3. The number of benzene rings is 2. The highest BCUT2D eigenvalue weighted by Gasteiger charge is 2.34. The second kappa shape index (κ2) is 6.28. The summed E-state index contributed by atoms with van der Waals surface area (Å²) in [7, 11) is 0. The highest BCUT2D eigenvalue weighted by molar-refractivity contribution is 6.21. The third-order valence-electron chi connectivity index (χ3n) is 4.17. The molecular formula is C19H17NO4. The maximum Gasteiger partial charge on any atom is 0.338 e. The van der Waals surface area contributed by atoms with E-state index >= 15 is 0 Å². The van der Waals surface area contributed by atoms with Crippen LogP contribution in [0, 0.1) is 13.8 Å². The Morgan fingerprint density at radius 3 is 2.17 bits per heavy atom. The summed E-state index contributed by atoms with van der Waals surface area (Å²) in [5.74, 6) is -1.16.